The van der Waals surface area contributed by atoms with Gasteiger partial charge in [-0.1, -0.05) is 0 Å². The van der Waals surface area contributed by atoms with Crippen LogP contribution in [0.4, 0.5) is 18.9 Å². The minimum absolute atomic E-state index is 0.0245. The molecule has 0 spiro atoms. The van der Waals surface area contributed by atoms with Crippen LogP contribution >= 0.6 is 0 Å². The molecule has 2 rings (SSSR count). The molecule has 1 aliphatic heterocycles. The molecule has 1 atom stereocenters. The lowest BCUT2D eigenvalue weighted by atomic mass is 10.1. The molecule has 5 nitrogen and oxygen atoms in total. The second-order valence-corrected chi connectivity index (χ2v) is 4.60. The fourth-order valence-corrected chi connectivity index (χ4v) is 2.02. The van der Waals surface area contributed by atoms with Crippen LogP contribution < -0.4 is 15.4 Å². The molecule has 1 heterocycles. The largest absolute Gasteiger partial charge is 0.497 e. The standard InChI is InChI=1S/C13H13F3N2O3/c1-21-8-2-3-10(9(5-8)13(14,15)16)18-12(20)7-4-11(19)17-6-7/h2-3,5,7H,4,6H2,1H3,(H,17,19)(H,18,20). The Kier molecular flexibility index (Phi) is 4.06. The third-order valence-electron chi connectivity index (χ3n) is 3.14. The van der Waals surface area contributed by atoms with Gasteiger partial charge in [0.1, 0.15) is 5.75 Å². The Morgan fingerprint density at radius 2 is 2.14 bits per heavy atom. The van der Waals surface area contributed by atoms with Gasteiger partial charge >= 0.3 is 6.18 Å². The summed E-state index contributed by atoms with van der Waals surface area (Å²) < 4.78 is 43.7. The Morgan fingerprint density at radius 1 is 1.43 bits per heavy atom. The number of carbonyl (C=O) groups is 2. The summed E-state index contributed by atoms with van der Waals surface area (Å²) in [6.45, 7) is 0.127. The maximum atomic E-state index is 13.0. The van der Waals surface area contributed by atoms with Gasteiger partial charge in [-0.25, -0.2) is 0 Å². The molecule has 114 valence electrons. The number of alkyl halides is 3. The van der Waals surface area contributed by atoms with Crippen molar-refractivity contribution in [2.75, 3.05) is 19.0 Å². The van der Waals surface area contributed by atoms with Gasteiger partial charge in [-0.05, 0) is 18.2 Å². The summed E-state index contributed by atoms with van der Waals surface area (Å²) in [5, 5.41) is 4.68. The smallest absolute Gasteiger partial charge is 0.418 e. The van der Waals surface area contributed by atoms with Gasteiger partial charge in [0.25, 0.3) is 0 Å². The number of nitrogens with one attached hydrogen (secondary N) is 2. The number of hydrogen-bond acceptors (Lipinski definition) is 3. The zero-order valence-corrected chi connectivity index (χ0v) is 11.1. The van der Waals surface area contributed by atoms with E-state index < -0.39 is 23.6 Å². The predicted molar refractivity (Wildman–Crippen MR) is 67.7 cm³/mol. The summed E-state index contributed by atoms with van der Waals surface area (Å²) in [5.41, 5.74) is -1.35. The van der Waals surface area contributed by atoms with E-state index in [1.807, 2.05) is 0 Å². The molecule has 1 aromatic rings. The van der Waals surface area contributed by atoms with Crippen molar-refractivity contribution in [1.82, 2.24) is 5.32 Å². The van der Waals surface area contributed by atoms with Crippen molar-refractivity contribution in [2.45, 2.75) is 12.6 Å². The number of amides is 2. The van der Waals surface area contributed by atoms with Gasteiger partial charge in [0.15, 0.2) is 0 Å². The highest BCUT2D eigenvalue weighted by Crippen LogP contribution is 2.37. The lowest BCUT2D eigenvalue weighted by Gasteiger charge is -2.16. The molecule has 1 saturated heterocycles. The average molecular weight is 302 g/mol. The van der Waals surface area contributed by atoms with E-state index >= 15 is 0 Å². The van der Waals surface area contributed by atoms with Gasteiger partial charge < -0.3 is 15.4 Å². The van der Waals surface area contributed by atoms with Gasteiger partial charge in [0.05, 0.1) is 24.3 Å². The number of anilines is 1. The zero-order chi connectivity index (χ0) is 15.6. The molecule has 0 aromatic heterocycles. The van der Waals surface area contributed by atoms with E-state index in [0.29, 0.717) is 0 Å². The van der Waals surface area contributed by atoms with Crippen LogP contribution in [0.2, 0.25) is 0 Å². The SMILES string of the molecule is COc1ccc(NC(=O)C2CNC(=O)C2)c(C(F)(F)F)c1. The second kappa shape index (κ2) is 5.63. The molecule has 1 aromatic carbocycles. The topological polar surface area (TPSA) is 67.4 Å². The quantitative estimate of drug-likeness (QED) is 0.894. The monoisotopic (exact) mass is 302 g/mol. The van der Waals surface area contributed by atoms with Crippen LogP contribution in [0, 0.1) is 5.92 Å². The second-order valence-electron chi connectivity index (χ2n) is 4.60. The third kappa shape index (κ3) is 3.45. The van der Waals surface area contributed by atoms with Crippen LogP contribution in [0.5, 0.6) is 5.75 Å². The zero-order valence-electron chi connectivity index (χ0n) is 11.1. The number of methoxy groups -OCH3 is 1. The van der Waals surface area contributed by atoms with E-state index in [9.17, 15) is 22.8 Å². The first kappa shape index (κ1) is 15.1. The fourth-order valence-electron chi connectivity index (χ4n) is 2.02. The Balaban J connectivity index is 2.23. The van der Waals surface area contributed by atoms with E-state index in [4.69, 9.17) is 4.74 Å². The molecule has 0 aliphatic carbocycles. The van der Waals surface area contributed by atoms with Crippen molar-refractivity contribution in [3.63, 3.8) is 0 Å². The molecule has 1 aliphatic rings. The molecule has 2 N–H and O–H groups in total. The van der Waals surface area contributed by atoms with Crippen LogP contribution in [0.25, 0.3) is 0 Å². The normalized spacial score (nSPS) is 18.3. The highest BCUT2D eigenvalue weighted by Gasteiger charge is 2.35. The number of halogens is 3. The van der Waals surface area contributed by atoms with Crippen LogP contribution in [0.15, 0.2) is 18.2 Å². The molecular formula is C13H13F3N2O3. The highest BCUT2D eigenvalue weighted by molar-refractivity contribution is 5.97. The maximum absolute atomic E-state index is 13.0. The van der Waals surface area contributed by atoms with Crippen molar-refractivity contribution in [3.8, 4) is 5.75 Å². The lowest BCUT2D eigenvalue weighted by molar-refractivity contribution is -0.137. The molecule has 1 unspecified atom stereocenters. The van der Waals surface area contributed by atoms with E-state index in [1.54, 1.807) is 0 Å². The summed E-state index contributed by atoms with van der Waals surface area (Å²) in [5.74, 6) is -1.54. The number of ether oxygens (including phenoxy) is 1. The van der Waals surface area contributed by atoms with Gasteiger partial charge in [0, 0.05) is 13.0 Å². The number of carbonyl (C=O) groups excluding carboxylic acids is 2. The average Bonchev–Trinajstić information content (AvgIpc) is 2.84. The first-order valence-electron chi connectivity index (χ1n) is 6.14. The molecule has 0 bridgehead atoms. The van der Waals surface area contributed by atoms with Gasteiger partial charge in [-0.15, -0.1) is 0 Å². The number of benzene rings is 1. The van der Waals surface area contributed by atoms with Crippen LogP contribution in [-0.2, 0) is 15.8 Å². The van der Waals surface area contributed by atoms with Crippen LogP contribution in [0.1, 0.15) is 12.0 Å². The molecule has 21 heavy (non-hydrogen) atoms. The minimum Gasteiger partial charge on any atom is -0.497 e. The van der Waals surface area contributed by atoms with Crippen molar-refractivity contribution >= 4 is 17.5 Å². The molecular weight excluding hydrogens is 289 g/mol. The van der Waals surface area contributed by atoms with Crippen molar-refractivity contribution in [2.24, 2.45) is 5.92 Å². The van der Waals surface area contributed by atoms with Gasteiger partial charge in [-0.2, -0.15) is 13.2 Å². The Labute approximate surface area is 118 Å². The summed E-state index contributed by atoms with van der Waals surface area (Å²) in [7, 11) is 1.25. The summed E-state index contributed by atoms with van der Waals surface area (Å²) in [4.78, 5) is 22.9. The molecule has 0 radical (unpaired) electrons. The van der Waals surface area contributed by atoms with E-state index in [-0.39, 0.29) is 30.3 Å². The Morgan fingerprint density at radius 3 is 2.67 bits per heavy atom. The number of rotatable bonds is 3. The van der Waals surface area contributed by atoms with Crippen molar-refractivity contribution in [1.29, 1.82) is 0 Å². The summed E-state index contributed by atoms with van der Waals surface area (Å²) in [6.07, 6.45) is -4.65. The lowest BCUT2D eigenvalue weighted by Crippen LogP contribution is -2.26. The van der Waals surface area contributed by atoms with E-state index in [2.05, 4.69) is 10.6 Å². The highest BCUT2D eigenvalue weighted by atomic mass is 19.4. The molecule has 2 amide bonds. The Hall–Kier alpha value is -2.25. The predicted octanol–water partition coefficient (Wildman–Crippen LogP) is 1.79. The van der Waals surface area contributed by atoms with Gasteiger partial charge in [-0.3, -0.25) is 9.59 Å². The first-order valence-corrected chi connectivity index (χ1v) is 6.14. The molecule has 0 saturated carbocycles. The van der Waals surface area contributed by atoms with E-state index in [0.717, 1.165) is 12.1 Å². The van der Waals surface area contributed by atoms with Gasteiger partial charge in [0.2, 0.25) is 11.8 Å². The van der Waals surface area contributed by atoms with Crippen molar-refractivity contribution in [3.05, 3.63) is 23.8 Å². The minimum atomic E-state index is -4.62. The summed E-state index contributed by atoms with van der Waals surface area (Å²) >= 11 is 0. The number of hydrogen-bond donors (Lipinski definition) is 2. The fraction of sp³-hybridized carbons (Fsp3) is 0.385. The first-order chi connectivity index (χ1) is 9.81. The maximum Gasteiger partial charge on any atom is 0.418 e. The Bertz CT molecular complexity index is 572. The van der Waals surface area contributed by atoms with Crippen LogP contribution in [0.3, 0.4) is 0 Å². The van der Waals surface area contributed by atoms with Crippen molar-refractivity contribution < 1.29 is 27.5 Å². The molecule has 8 heteroatoms. The molecule has 1 fully saturated rings. The summed E-state index contributed by atoms with van der Waals surface area (Å²) in [6, 6.07) is 3.26. The van der Waals surface area contributed by atoms with E-state index in [1.165, 1.54) is 13.2 Å². The third-order valence-corrected chi connectivity index (χ3v) is 3.14. The van der Waals surface area contributed by atoms with Crippen LogP contribution in [-0.4, -0.2) is 25.5 Å².